The molecule has 0 aliphatic heterocycles. The van der Waals surface area contributed by atoms with Crippen LogP contribution in [0.15, 0.2) is 0 Å². The first-order chi connectivity index (χ1) is 4.54. The molecule has 0 rings (SSSR count). The summed E-state index contributed by atoms with van der Waals surface area (Å²) in [5.41, 5.74) is 3.51. The van der Waals surface area contributed by atoms with Crippen LogP contribution in [0.25, 0.3) is 0 Å². The minimum absolute atomic E-state index is 0. The zero-order chi connectivity index (χ0) is 8.57. The van der Waals surface area contributed by atoms with Crippen LogP contribution < -0.4 is 73.9 Å². The van der Waals surface area contributed by atoms with Crippen LogP contribution in [0.4, 0.5) is 9.59 Å². The van der Waals surface area contributed by atoms with Crippen LogP contribution in [0.1, 0.15) is 1.43 Å². The Hall–Kier alpha value is 1.20. The zero-order valence-electron chi connectivity index (χ0n) is 6.87. The second-order valence-electron chi connectivity index (χ2n) is 0.899. The van der Waals surface area contributed by atoms with Gasteiger partial charge in [0.25, 0.3) is 10.5 Å². The molecule has 0 saturated heterocycles. The third-order valence-electron chi connectivity index (χ3n) is 0.247. The maximum Gasteiger partial charge on any atom is 1.00 e. The van der Waals surface area contributed by atoms with Crippen LogP contribution in [0, 0.1) is 0 Å². The molecule has 62 valence electrons. The van der Waals surface area contributed by atoms with Gasteiger partial charge in [-0.2, -0.15) is 0 Å². The van der Waals surface area contributed by atoms with Gasteiger partial charge in [-0.15, -0.1) is 0 Å². The van der Waals surface area contributed by atoms with E-state index in [2.05, 4.69) is 36.9 Å². The maximum absolute atomic E-state index is 9.44. The standard InChI is InChI=1S/2CH4N2OS.K.H/c2*2-3-1(4)5;;/h2*2H2,(H2,3,4,5);;/q;;+1;-1. The van der Waals surface area contributed by atoms with Crippen molar-refractivity contribution in [3.8, 4) is 0 Å². The van der Waals surface area contributed by atoms with Crippen molar-refractivity contribution in [1.82, 2.24) is 10.9 Å². The van der Waals surface area contributed by atoms with Gasteiger partial charge in [-0.25, -0.2) is 11.7 Å². The molecule has 0 heterocycles. The van der Waals surface area contributed by atoms with Gasteiger partial charge in [0.15, 0.2) is 0 Å². The van der Waals surface area contributed by atoms with Gasteiger partial charge in [-0.1, -0.05) is 25.3 Å². The van der Waals surface area contributed by atoms with Crippen molar-refractivity contribution < 1.29 is 62.4 Å². The Labute approximate surface area is 119 Å². The molecule has 0 spiro atoms. The first kappa shape index (κ1) is 18.1. The number of hydrogen-bond donors (Lipinski definition) is 6. The molecular formula is C2H9KN4O2S2. The molecule has 2 amide bonds. The summed E-state index contributed by atoms with van der Waals surface area (Å²) >= 11 is 6.45. The van der Waals surface area contributed by atoms with Crippen LogP contribution >= 0.6 is 25.3 Å². The van der Waals surface area contributed by atoms with Crippen molar-refractivity contribution in [3.05, 3.63) is 0 Å². The first-order valence-electron chi connectivity index (χ1n) is 1.93. The Morgan fingerprint density at radius 3 is 1.18 bits per heavy atom. The molecule has 0 bridgehead atoms. The molecule has 6 N–H and O–H groups in total. The minimum Gasteiger partial charge on any atom is -1.00 e. The van der Waals surface area contributed by atoms with Crippen LogP contribution in [0.2, 0.25) is 0 Å². The van der Waals surface area contributed by atoms with E-state index in [9.17, 15) is 9.59 Å². The van der Waals surface area contributed by atoms with Crippen LogP contribution in [0.5, 0.6) is 0 Å². The van der Waals surface area contributed by atoms with E-state index in [-0.39, 0.29) is 52.8 Å². The average Bonchev–Trinajstić information content (AvgIpc) is 1.89. The molecule has 0 aromatic heterocycles. The van der Waals surface area contributed by atoms with Crippen molar-refractivity contribution >= 4 is 35.7 Å². The van der Waals surface area contributed by atoms with Crippen LogP contribution in [-0.4, -0.2) is 10.5 Å². The Morgan fingerprint density at radius 2 is 1.18 bits per heavy atom. The molecule has 9 heteroatoms. The molecule has 0 aliphatic rings. The summed E-state index contributed by atoms with van der Waals surface area (Å²) in [6.07, 6.45) is 0. The smallest absolute Gasteiger partial charge is 1.00 e. The third-order valence-corrected chi connectivity index (χ3v) is 0.505. The van der Waals surface area contributed by atoms with Crippen molar-refractivity contribution in [1.29, 1.82) is 0 Å². The van der Waals surface area contributed by atoms with E-state index in [4.69, 9.17) is 0 Å². The molecule has 0 saturated carbocycles. The Bertz CT molecular complexity index is 114. The third kappa shape index (κ3) is 35.1. The van der Waals surface area contributed by atoms with E-state index in [1.165, 1.54) is 0 Å². The predicted octanol–water partition coefficient (Wildman–Crippen LogP) is -3.88. The van der Waals surface area contributed by atoms with Crippen molar-refractivity contribution in [2.45, 2.75) is 0 Å². The number of nitrogens with one attached hydrogen (secondary N) is 2. The minimum atomic E-state index is -0.523. The fourth-order valence-electron chi connectivity index (χ4n) is 0. The number of nitrogens with two attached hydrogens (primary N) is 2. The van der Waals surface area contributed by atoms with Crippen LogP contribution in [-0.2, 0) is 0 Å². The summed E-state index contributed by atoms with van der Waals surface area (Å²) in [7, 11) is 0. The molecule has 0 radical (unpaired) electrons. The van der Waals surface area contributed by atoms with Gasteiger partial charge in [0.1, 0.15) is 0 Å². The quantitative estimate of drug-likeness (QED) is 0.0831. The Balaban J connectivity index is -0.0000000457. The van der Waals surface area contributed by atoms with Crippen molar-refractivity contribution in [2.24, 2.45) is 11.7 Å². The monoisotopic (exact) mass is 224 g/mol. The maximum atomic E-state index is 9.44. The van der Waals surface area contributed by atoms with Gasteiger partial charge in [-0.3, -0.25) is 20.4 Å². The molecule has 0 atom stereocenters. The molecule has 0 aliphatic carbocycles. The number of rotatable bonds is 0. The Morgan fingerprint density at radius 1 is 1.09 bits per heavy atom. The number of carbonyl (C=O) groups excluding carboxylic acids is 2. The largest absolute Gasteiger partial charge is 1.00 e. The van der Waals surface area contributed by atoms with Gasteiger partial charge in [0, 0.05) is 0 Å². The van der Waals surface area contributed by atoms with Gasteiger partial charge in [0.2, 0.25) is 0 Å². The topological polar surface area (TPSA) is 110 Å². The zero-order valence-corrected chi connectivity index (χ0v) is 10.8. The average molecular weight is 224 g/mol. The number of carbonyl (C=O) groups is 2. The second kappa shape index (κ2) is 13.8. The van der Waals surface area contributed by atoms with E-state index < -0.39 is 10.5 Å². The number of amides is 2. The molecular weight excluding hydrogens is 215 g/mol. The van der Waals surface area contributed by atoms with E-state index >= 15 is 0 Å². The summed E-state index contributed by atoms with van der Waals surface area (Å²) in [5, 5.41) is -1.05. The SMILES string of the molecule is NNC(=O)S.NNC(=O)S.[H-].[K+]. The van der Waals surface area contributed by atoms with E-state index in [0.717, 1.165) is 0 Å². The van der Waals surface area contributed by atoms with Crippen molar-refractivity contribution in [3.63, 3.8) is 0 Å². The first-order valence-corrected chi connectivity index (χ1v) is 2.83. The number of thiol groups is 2. The van der Waals surface area contributed by atoms with Gasteiger partial charge in [0.05, 0.1) is 0 Å². The van der Waals surface area contributed by atoms with E-state index in [1.54, 1.807) is 10.9 Å². The van der Waals surface area contributed by atoms with E-state index in [0.29, 0.717) is 0 Å². The van der Waals surface area contributed by atoms with Crippen molar-refractivity contribution in [2.75, 3.05) is 0 Å². The molecule has 0 aromatic rings. The Kier molecular flexibility index (Phi) is 22.6. The fourth-order valence-corrected chi connectivity index (χ4v) is 0. The normalized spacial score (nSPS) is 6.18. The summed E-state index contributed by atoms with van der Waals surface area (Å²) in [6, 6.07) is 0. The summed E-state index contributed by atoms with van der Waals surface area (Å²) < 4.78 is 0. The van der Waals surface area contributed by atoms with Crippen LogP contribution in [0.3, 0.4) is 0 Å². The second-order valence-corrected chi connectivity index (χ2v) is 1.71. The molecule has 11 heavy (non-hydrogen) atoms. The fraction of sp³-hybridized carbons (Fsp3) is 0. The number of hydrogen-bond acceptors (Lipinski definition) is 4. The number of hydrazine groups is 2. The molecule has 0 unspecified atom stereocenters. The van der Waals surface area contributed by atoms with E-state index in [1.807, 2.05) is 0 Å². The molecule has 0 fully saturated rings. The van der Waals surface area contributed by atoms with Gasteiger partial charge < -0.3 is 1.43 Å². The predicted molar refractivity (Wildman–Crippen MR) is 44.5 cm³/mol. The molecule has 0 aromatic carbocycles. The van der Waals surface area contributed by atoms with Gasteiger partial charge >= 0.3 is 51.4 Å². The van der Waals surface area contributed by atoms with Gasteiger partial charge in [-0.05, 0) is 0 Å². The summed E-state index contributed by atoms with van der Waals surface area (Å²) in [6.45, 7) is 0. The molecule has 6 nitrogen and oxygen atoms in total. The summed E-state index contributed by atoms with van der Waals surface area (Å²) in [4.78, 5) is 18.9. The summed E-state index contributed by atoms with van der Waals surface area (Å²) in [5.74, 6) is 8.99.